The Morgan fingerprint density at radius 2 is 0.887 bits per heavy atom. The van der Waals surface area contributed by atoms with Crippen LogP contribution < -0.4 is 0 Å². The molecule has 4 heteroatoms. The maximum atomic E-state index is 9.46. The van der Waals surface area contributed by atoms with Crippen LogP contribution in [0, 0.1) is 11.3 Å². The fraction of sp³-hybridized carbons (Fsp3) is 0.0172. The molecule has 1 aromatic heterocycles. The average Bonchev–Trinajstić information content (AvgIpc) is 3.64. The number of fused-ring (bicyclic) bond motifs is 10. The van der Waals surface area contributed by atoms with Crippen LogP contribution in [0.15, 0.2) is 222 Å². The first-order chi connectivity index (χ1) is 30.7. The van der Waals surface area contributed by atoms with E-state index in [0.29, 0.717) is 11.4 Å². The van der Waals surface area contributed by atoms with Crippen molar-refractivity contribution in [3.05, 3.63) is 240 Å². The largest absolute Gasteiger partial charge is 0.228 e. The summed E-state index contributed by atoms with van der Waals surface area (Å²) in [6.45, 7) is 0. The predicted molar refractivity (Wildman–Crippen MR) is 253 cm³/mol. The molecule has 0 radical (unpaired) electrons. The Morgan fingerprint density at radius 1 is 0.371 bits per heavy atom. The van der Waals surface area contributed by atoms with Gasteiger partial charge in [-0.1, -0.05) is 182 Å². The van der Waals surface area contributed by atoms with Gasteiger partial charge in [-0.05, 0) is 109 Å². The zero-order chi connectivity index (χ0) is 41.2. The standard InChI is InChI=1S/C58H35N3S/c59-36-37-23-25-38(26-24-37)43-30-31-44(46-18-8-7-17-45(43)46)41-28-32-56-52(33-41)58(50-21-11-12-22-55(50)62-56)49-20-10-9-19-47(49)48-29-27-42(34-51(48)58)57-60-53(39-13-3-1-4-14-39)35-54(61-57)40-15-5-2-6-16-40/h1-35H. The van der Waals surface area contributed by atoms with E-state index in [0.717, 1.165) is 39.2 Å². The molecule has 0 bridgehead atoms. The minimum Gasteiger partial charge on any atom is -0.228 e. The van der Waals surface area contributed by atoms with Gasteiger partial charge in [-0.15, -0.1) is 0 Å². The highest BCUT2D eigenvalue weighted by Gasteiger charge is 2.50. The lowest BCUT2D eigenvalue weighted by Gasteiger charge is -2.40. The smallest absolute Gasteiger partial charge is 0.160 e. The third-order valence-electron chi connectivity index (χ3n) is 12.6. The summed E-state index contributed by atoms with van der Waals surface area (Å²) in [5.74, 6) is 0.695. The lowest BCUT2D eigenvalue weighted by atomic mass is 9.66. The third-order valence-corrected chi connectivity index (χ3v) is 13.8. The predicted octanol–water partition coefficient (Wildman–Crippen LogP) is 14.7. The van der Waals surface area contributed by atoms with E-state index in [-0.39, 0.29) is 0 Å². The van der Waals surface area contributed by atoms with Crippen LogP contribution in [0.1, 0.15) is 27.8 Å². The number of nitrogens with zero attached hydrogens (tertiary/aromatic N) is 3. The zero-order valence-electron chi connectivity index (χ0n) is 33.5. The van der Waals surface area contributed by atoms with E-state index in [2.05, 4.69) is 182 Å². The second kappa shape index (κ2) is 14.4. The van der Waals surface area contributed by atoms with Gasteiger partial charge in [-0.25, -0.2) is 9.97 Å². The third kappa shape index (κ3) is 5.60. The van der Waals surface area contributed by atoms with Gasteiger partial charge in [0.15, 0.2) is 5.82 Å². The number of hydrogen-bond donors (Lipinski definition) is 0. The molecule has 288 valence electrons. The molecule has 12 rings (SSSR count). The van der Waals surface area contributed by atoms with E-state index < -0.39 is 5.41 Å². The summed E-state index contributed by atoms with van der Waals surface area (Å²) < 4.78 is 0. The van der Waals surface area contributed by atoms with E-state index in [1.807, 2.05) is 48.2 Å². The molecule has 1 unspecified atom stereocenters. The molecule has 62 heavy (non-hydrogen) atoms. The van der Waals surface area contributed by atoms with E-state index in [4.69, 9.17) is 9.97 Å². The van der Waals surface area contributed by atoms with Crippen molar-refractivity contribution in [1.82, 2.24) is 9.97 Å². The summed E-state index contributed by atoms with van der Waals surface area (Å²) in [6.07, 6.45) is 0. The van der Waals surface area contributed by atoms with E-state index in [1.165, 1.54) is 65.1 Å². The first kappa shape index (κ1) is 36.0. The molecule has 0 saturated heterocycles. The van der Waals surface area contributed by atoms with Crippen LogP contribution in [-0.4, -0.2) is 9.97 Å². The molecule has 1 aliphatic heterocycles. The van der Waals surface area contributed by atoms with Crippen LogP contribution in [-0.2, 0) is 5.41 Å². The lowest BCUT2D eigenvalue weighted by Crippen LogP contribution is -2.32. The van der Waals surface area contributed by atoms with Gasteiger partial charge in [0.2, 0.25) is 0 Å². The monoisotopic (exact) mass is 805 g/mol. The van der Waals surface area contributed by atoms with Gasteiger partial charge < -0.3 is 0 Å². The topological polar surface area (TPSA) is 49.6 Å². The van der Waals surface area contributed by atoms with Gasteiger partial charge in [0.05, 0.1) is 28.4 Å². The molecule has 1 spiro atoms. The van der Waals surface area contributed by atoms with Crippen LogP contribution in [0.2, 0.25) is 0 Å². The number of rotatable bonds is 5. The van der Waals surface area contributed by atoms with Crippen molar-refractivity contribution in [2.24, 2.45) is 0 Å². The first-order valence-corrected chi connectivity index (χ1v) is 21.7. The van der Waals surface area contributed by atoms with Gasteiger partial charge in [0.1, 0.15) is 0 Å². The Bertz CT molecular complexity index is 3390. The van der Waals surface area contributed by atoms with Crippen LogP contribution >= 0.6 is 11.8 Å². The second-order valence-corrected chi connectivity index (χ2v) is 17.0. The van der Waals surface area contributed by atoms with Crippen molar-refractivity contribution in [1.29, 1.82) is 5.26 Å². The second-order valence-electron chi connectivity index (χ2n) is 16.0. The quantitative estimate of drug-likeness (QED) is 0.174. The zero-order valence-corrected chi connectivity index (χ0v) is 34.3. The Labute approximate surface area is 364 Å². The van der Waals surface area contributed by atoms with Gasteiger partial charge in [0, 0.05) is 26.5 Å². The summed E-state index contributed by atoms with van der Waals surface area (Å²) in [5, 5.41) is 11.8. The summed E-state index contributed by atoms with van der Waals surface area (Å²) in [4.78, 5) is 13.1. The van der Waals surface area contributed by atoms with Crippen LogP contribution in [0.5, 0.6) is 0 Å². The molecule has 0 fully saturated rings. The maximum absolute atomic E-state index is 9.46. The number of nitriles is 1. The summed E-state index contributed by atoms with van der Waals surface area (Å²) >= 11 is 1.85. The molecule has 1 atom stereocenters. The Balaban J connectivity index is 1.09. The van der Waals surface area contributed by atoms with E-state index in [1.54, 1.807) is 0 Å². The molecule has 9 aromatic carbocycles. The van der Waals surface area contributed by atoms with Crippen molar-refractivity contribution < 1.29 is 0 Å². The van der Waals surface area contributed by atoms with Crippen molar-refractivity contribution in [3.63, 3.8) is 0 Å². The van der Waals surface area contributed by atoms with Crippen molar-refractivity contribution in [2.75, 3.05) is 0 Å². The van der Waals surface area contributed by atoms with Crippen molar-refractivity contribution in [3.8, 4) is 73.4 Å². The van der Waals surface area contributed by atoms with Crippen molar-refractivity contribution >= 4 is 22.5 Å². The molecule has 10 aromatic rings. The molecule has 0 amide bonds. The molecule has 0 N–H and O–H groups in total. The van der Waals surface area contributed by atoms with Gasteiger partial charge in [-0.3, -0.25) is 0 Å². The average molecular weight is 806 g/mol. The van der Waals surface area contributed by atoms with Gasteiger partial charge >= 0.3 is 0 Å². The fourth-order valence-electron chi connectivity index (χ4n) is 9.82. The van der Waals surface area contributed by atoms with E-state index in [9.17, 15) is 5.26 Å². The van der Waals surface area contributed by atoms with Crippen LogP contribution in [0.25, 0.3) is 78.1 Å². The van der Waals surface area contributed by atoms with Gasteiger partial charge in [-0.2, -0.15) is 5.26 Å². The Morgan fingerprint density at radius 3 is 1.58 bits per heavy atom. The highest BCUT2D eigenvalue weighted by Crippen LogP contribution is 2.63. The summed E-state index contributed by atoms with van der Waals surface area (Å²) in [7, 11) is 0. The number of benzene rings is 9. The SMILES string of the molecule is N#Cc1ccc(-c2ccc(-c3ccc4c(c3)C3(c5ccccc5S4)c4ccccc4-c4ccc(-c5nc(-c6ccccc6)cc(-c6ccccc6)n5)cc43)c3ccccc23)cc1. The van der Waals surface area contributed by atoms with Crippen LogP contribution in [0.3, 0.4) is 0 Å². The normalized spacial score (nSPS) is 14.4. The van der Waals surface area contributed by atoms with Gasteiger partial charge in [0.25, 0.3) is 0 Å². The van der Waals surface area contributed by atoms with Crippen LogP contribution in [0.4, 0.5) is 0 Å². The highest BCUT2D eigenvalue weighted by atomic mass is 32.2. The minimum atomic E-state index is -0.605. The fourth-order valence-corrected chi connectivity index (χ4v) is 11.0. The molecular formula is C58H35N3S. The lowest BCUT2D eigenvalue weighted by molar-refractivity contribution is 0.723. The van der Waals surface area contributed by atoms with Crippen molar-refractivity contribution in [2.45, 2.75) is 15.2 Å². The molecule has 1 aliphatic carbocycles. The van der Waals surface area contributed by atoms with E-state index >= 15 is 0 Å². The first-order valence-electron chi connectivity index (χ1n) is 20.9. The highest BCUT2D eigenvalue weighted by molar-refractivity contribution is 7.99. The number of hydrogen-bond acceptors (Lipinski definition) is 4. The molecular weight excluding hydrogens is 771 g/mol. The maximum Gasteiger partial charge on any atom is 0.160 e. The minimum absolute atomic E-state index is 0.605. The summed E-state index contributed by atoms with van der Waals surface area (Å²) in [6, 6.07) is 78.1. The Hall–Kier alpha value is -7.84. The molecule has 0 saturated carbocycles. The molecule has 2 heterocycles. The Kier molecular flexibility index (Phi) is 8.38. The molecule has 2 aliphatic rings. The molecule has 3 nitrogen and oxygen atoms in total. The number of aromatic nitrogens is 2. The summed E-state index contributed by atoms with van der Waals surface area (Å²) in [5.41, 5.74) is 17.0.